The monoisotopic (exact) mass is 486 g/mol. The summed E-state index contributed by atoms with van der Waals surface area (Å²) in [4.78, 5) is 14.7. The van der Waals surface area contributed by atoms with Gasteiger partial charge in [0.05, 0.1) is 5.69 Å². The quantitative estimate of drug-likeness (QED) is 0.393. The Hall–Kier alpha value is -4.18. The van der Waals surface area contributed by atoms with Gasteiger partial charge in [-0.15, -0.1) is 10.2 Å². The number of H-pyrrole nitrogens is 1. The molecule has 1 aliphatic rings. The van der Waals surface area contributed by atoms with Crippen LogP contribution in [0, 0.1) is 11.6 Å². The van der Waals surface area contributed by atoms with E-state index < -0.39 is 11.6 Å². The van der Waals surface area contributed by atoms with E-state index in [9.17, 15) is 8.78 Å². The summed E-state index contributed by atoms with van der Waals surface area (Å²) in [7, 11) is 0. The number of fused-ring (bicyclic) bond motifs is 1. The maximum Gasteiger partial charge on any atom is 0.182 e. The highest BCUT2D eigenvalue weighted by atomic mass is 19.2. The molecule has 4 aromatic heterocycles. The van der Waals surface area contributed by atoms with E-state index in [0.717, 1.165) is 41.5 Å². The molecule has 0 spiro atoms. The van der Waals surface area contributed by atoms with E-state index in [0.29, 0.717) is 29.1 Å². The van der Waals surface area contributed by atoms with Crippen molar-refractivity contribution in [3.63, 3.8) is 0 Å². The molecule has 182 valence electrons. The number of rotatable bonds is 4. The lowest BCUT2D eigenvalue weighted by Crippen LogP contribution is -2.54. The third kappa shape index (κ3) is 3.89. The van der Waals surface area contributed by atoms with Crippen molar-refractivity contribution in [1.82, 2.24) is 35.0 Å². The molecular weight excluding hydrogens is 462 g/mol. The molecule has 8 nitrogen and oxygen atoms in total. The van der Waals surface area contributed by atoms with E-state index in [-0.39, 0.29) is 5.69 Å². The molecule has 1 fully saturated rings. The standard InChI is InChI=1S/C26H24F2N8/c1-15-12-35(13-16(2)33-15)23-7-6-17(9-29-23)18-8-19-20(11-31-25(19)30-10-18)26-34-32-14-36(26)22-5-3-4-21(27)24(22)28/h3-11,14-16,33H,12-13H2,1-2H3,(H,30,31)/t15-,16+. The minimum absolute atomic E-state index is 0.0322. The summed E-state index contributed by atoms with van der Waals surface area (Å²) in [6, 6.07) is 10.9. The summed E-state index contributed by atoms with van der Waals surface area (Å²) in [6.45, 7) is 6.17. The summed E-state index contributed by atoms with van der Waals surface area (Å²) in [5.41, 5.74) is 3.16. The molecule has 0 bridgehead atoms. The number of aromatic nitrogens is 6. The van der Waals surface area contributed by atoms with Crippen LogP contribution in [0.15, 0.2) is 61.3 Å². The van der Waals surface area contributed by atoms with Crippen LogP contribution in [0.25, 0.3) is 39.2 Å². The van der Waals surface area contributed by atoms with Crippen molar-refractivity contribution in [3.8, 4) is 28.2 Å². The number of piperazine rings is 1. The van der Waals surface area contributed by atoms with E-state index in [4.69, 9.17) is 4.98 Å². The Bertz CT molecular complexity index is 1530. The van der Waals surface area contributed by atoms with Crippen molar-refractivity contribution < 1.29 is 8.78 Å². The molecule has 6 rings (SSSR count). The van der Waals surface area contributed by atoms with Gasteiger partial charge in [0.15, 0.2) is 17.5 Å². The molecular formula is C26H24F2N8. The summed E-state index contributed by atoms with van der Waals surface area (Å²) in [6.07, 6.45) is 6.74. The predicted molar refractivity (Wildman–Crippen MR) is 134 cm³/mol. The normalized spacial score (nSPS) is 18.2. The first kappa shape index (κ1) is 22.3. The zero-order valence-corrected chi connectivity index (χ0v) is 19.8. The Labute approximate surface area is 206 Å². The van der Waals surface area contributed by atoms with Gasteiger partial charge in [0.1, 0.15) is 17.8 Å². The number of anilines is 1. The predicted octanol–water partition coefficient (Wildman–Crippen LogP) is 4.34. The van der Waals surface area contributed by atoms with Gasteiger partial charge in [0.25, 0.3) is 0 Å². The van der Waals surface area contributed by atoms with Crippen molar-refractivity contribution >= 4 is 16.9 Å². The molecule has 1 aromatic carbocycles. The lowest BCUT2D eigenvalue weighted by Gasteiger charge is -2.36. The van der Waals surface area contributed by atoms with Gasteiger partial charge in [0, 0.05) is 65.8 Å². The van der Waals surface area contributed by atoms with Crippen molar-refractivity contribution in [2.75, 3.05) is 18.0 Å². The first-order valence-electron chi connectivity index (χ1n) is 11.8. The second-order valence-electron chi connectivity index (χ2n) is 9.20. The summed E-state index contributed by atoms with van der Waals surface area (Å²) < 4.78 is 29.8. The van der Waals surface area contributed by atoms with E-state index in [1.165, 1.54) is 23.0 Å². The molecule has 0 radical (unpaired) electrons. The number of nitrogens with zero attached hydrogens (tertiary/aromatic N) is 6. The SMILES string of the molecule is C[C@@H]1CN(c2ccc(-c3cnc4[nH]cc(-c5nncn5-c5cccc(F)c5F)c4c3)cn2)C[C@H](C)N1. The van der Waals surface area contributed by atoms with Gasteiger partial charge < -0.3 is 15.2 Å². The number of hydrogen-bond donors (Lipinski definition) is 2. The summed E-state index contributed by atoms with van der Waals surface area (Å²) in [5, 5.41) is 12.5. The molecule has 2 atom stereocenters. The average molecular weight is 487 g/mol. The molecule has 1 aliphatic heterocycles. The fourth-order valence-corrected chi connectivity index (χ4v) is 4.88. The molecule has 0 saturated carbocycles. The molecule has 0 amide bonds. The summed E-state index contributed by atoms with van der Waals surface area (Å²) >= 11 is 0. The fraction of sp³-hybridized carbons (Fsp3) is 0.231. The number of nitrogens with one attached hydrogen (secondary N) is 2. The molecule has 1 saturated heterocycles. The summed E-state index contributed by atoms with van der Waals surface area (Å²) in [5.74, 6) is -0.576. The molecule has 10 heteroatoms. The average Bonchev–Trinajstić information content (AvgIpc) is 3.52. The van der Waals surface area contributed by atoms with Crippen molar-refractivity contribution in [3.05, 3.63) is 73.0 Å². The van der Waals surface area contributed by atoms with Crippen LogP contribution < -0.4 is 10.2 Å². The second kappa shape index (κ2) is 8.80. The Morgan fingerprint density at radius 3 is 2.56 bits per heavy atom. The van der Waals surface area contributed by atoms with Crippen LogP contribution in [0.1, 0.15) is 13.8 Å². The maximum absolute atomic E-state index is 14.5. The first-order chi connectivity index (χ1) is 17.5. The van der Waals surface area contributed by atoms with Gasteiger partial charge in [-0.25, -0.2) is 18.7 Å². The van der Waals surface area contributed by atoms with E-state index in [1.54, 1.807) is 12.4 Å². The van der Waals surface area contributed by atoms with Crippen LogP contribution in [0.3, 0.4) is 0 Å². The molecule has 5 aromatic rings. The van der Waals surface area contributed by atoms with Gasteiger partial charge >= 0.3 is 0 Å². The van der Waals surface area contributed by atoms with Gasteiger partial charge in [-0.2, -0.15) is 0 Å². The Balaban J connectivity index is 1.36. The molecule has 0 unspecified atom stereocenters. The van der Waals surface area contributed by atoms with Gasteiger partial charge in [0.2, 0.25) is 0 Å². The maximum atomic E-state index is 14.5. The van der Waals surface area contributed by atoms with E-state index in [1.807, 2.05) is 24.4 Å². The third-order valence-corrected chi connectivity index (χ3v) is 6.47. The number of hydrogen-bond acceptors (Lipinski definition) is 6. The van der Waals surface area contributed by atoms with Gasteiger partial charge in [-0.3, -0.25) is 4.57 Å². The zero-order valence-electron chi connectivity index (χ0n) is 19.8. The second-order valence-corrected chi connectivity index (χ2v) is 9.20. The molecule has 36 heavy (non-hydrogen) atoms. The fourth-order valence-electron chi connectivity index (χ4n) is 4.88. The zero-order chi connectivity index (χ0) is 24.8. The van der Waals surface area contributed by atoms with Crippen LogP contribution >= 0.6 is 0 Å². The Morgan fingerprint density at radius 2 is 1.78 bits per heavy atom. The Morgan fingerprint density at radius 1 is 0.972 bits per heavy atom. The largest absolute Gasteiger partial charge is 0.354 e. The minimum Gasteiger partial charge on any atom is -0.354 e. The molecule has 2 N–H and O–H groups in total. The van der Waals surface area contributed by atoms with Crippen molar-refractivity contribution in [2.45, 2.75) is 25.9 Å². The molecule has 0 aliphatic carbocycles. The van der Waals surface area contributed by atoms with Crippen molar-refractivity contribution in [2.24, 2.45) is 0 Å². The lowest BCUT2D eigenvalue weighted by atomic mass is 10.1. The van der Waals surface area contributed by atoms with Crippen LogP contribution in [0.2, 0.25) is 0 Å². The van der Waals surface area contributed by atoms with Crippen molar-refractivity contribution in [1.29, 1.82) is 0 Å². The van der Waals surface area contributed by atoms with Crippen LogP contribution in [-0.2, 0) is 0 Å². The topological polar surface area (TPSA) is 87.6 Å². The highest BCUT2D eigenvalue weighted by Gasteiger charge is 2.22. The number of benzene rings is 1. The number of pyridine rings is 2. The van der Waals surface area contributed by atoms with Crippen LogP contribution in [-0.4, -0.2) is 54.9 Å². The van der Waals surface area contributed by atoms with Crippen LogP contribution in [0.4, 0.5) is 14.6 Å². The molecule has 5 heterocycles. The number of aromatic amines is 1. The highest BCUT2D eigenvalue weighted by Crippen LogP contribution is 2.32. The van der Waals surface area contributed by atoms with E-state index >= 15 is 0 Å². The first-order valence-corrected chi connectivity index (χ1v) is 11.8. The van der Waals surface area contributed by atoms with E-state index in [2.05, 4.69) is 44.2 Å². The minimum atomic E-state index is -0.961. The van der Waals surface area contributed by atoms with Crippen LogP contribution in [0.5, 0.6) is 0 Å². The highest BCUT2D eigenvalue weighted by molar-refractivity contribution is 5.94. The third-order valence-electron chi connectivity index (χ3n) is 6.47. The number of halogens is 2. The van der Waals surface area contributed by atoms with Gasteiger partial charge in [-0.1, -0.05) is 6.07 Å². The Kier molecular flexibility index (Phi) is 5.45. The lowest BCUT2D eigenvalue weighted by molar-refractivity contribution is 0.405. The smallest absolute Gasteiger partial charge is 0.182 e. The van der Waals surface area contributed by atoms with Gasteiger partial charge in [-0.05, 0) is 44.2 Å².